The average Bonchev–Trinajstić information content (AvgIpc) is 3.10. The Kier molecular flexibility index (Phi) is 5.74. The molecule has 144 valence electrons. The van der Waals surface area contributed by atoms with Crippen LogP contribution in [0.1, 0.15) is 23.7 Å². The van der Waals surface area contributed by atoms with E-state index in [1.54, 1.807) is 12.1 Å². The molecule has 3 rings (SSSR count). The lowest BCUT2D eigenvalue weighted by atomic mass is 10.2. The van der Waals surface area contributed by atoms with Gasteiger partial charge < -0.3 is 20.4 Å². The first-order valence-electron chi connectivity index (χ1n) is 8.88. The van der Waals surface area contributed by atoms with Gasteiger partial charge in [-0.25, -0.2) is 0 Å². The first kappa shape index (κ1) is 19.2. The maximum atomic E-state index is 12.2. The first-order chi connectivity index (χ1) is 13.4. The Morgan fingerprint density at radius 3 is 2.50 bits per heavy atom. The van der Waals surface area contributed by atoms with Crippen molar-refractivity contribution in [2.75, 3.05) is 5.32 Å². The monoisotopic (exact) mass is 379 g/mol. The van der Waals surface area contributed by atoms with E-state index >= 15 is 0 Å². The predicted molar refractivity (Wildman–Crippen MR) is 106 cm³/mol. The van der Waals surface area contributed by atoms with E-state index in [0.717, 1.165) is 10.9 Å². The molecule has 7 heteroatoms. The number of carbonyl (C=O) groups excluding carboxylic acids is 3. The zero-order valence-corrected chi connectivity index (χ0v) is 15.4. The number of hydrogen-bond donors (Lipinski definition) is 2. The van der Waals surface area contributed by atoms with Crippen molar-refractivity contribution in [3.05, 3.63) is 66.4 Å². The number of aromatic nitrogens is 1. The molecule has 2 amide bonds. The second kappa shape index (κ2) is 8.39. The van der Waals surface area contributed by atoms with Crippen LogP contribution >= 0.6 is 0 Å². The Labute approximate surface area is 162 Å². The molecule has 3 aromatic rings. The fraction of sp³-hybridized carbons (Fsp3) is 0.190. The minimum Gasteiger partial charge on any atom is -0.452 e. The van der Waals surface area contributed by atoms with Crippen molar-refractivity contribution in [1.29, 1.82) is 0 Å². The van der Waals surface area contributed by atoms with Gasteiger partial charge in [0.2, 0.25) is 5.91 Å². The third kappa shape index (κ3) is 4.56. The smallest absolute Gasteiger partial charge is 0.308 e. The van der Waals surface area contributed by atoms with Crippen LogP contribution in [0.5, 0.6) is 0 Å². The van der Waals surface area contributed by atoms with Crippen LogP contribution in [0.2, 0.25) is 0 Å². The number of hydrogen-bond acceptors (Lipinski definition) is 4. The summed E-state index contributed by atoms with van der Waals surface area (Å²) in [6.07, 6.45) is 1.14. The summed E-state index contributed by atoms with van der Waals surface area (Å²) in [5, 5.41) is 3.74. The maximum absolute atomic E-state index is 12.2. The van der Waals surface area contributed by atoms with Gasteiger partial charge in [0.25, 0.3) is 5.91 Å². The number of aryl methyl sites for hydroxylation is 1. The van der Waals surface area contributed by atoms with Gasteiger partial charge in [-0.05, 0) is 48.7 Å². The summed E-state index contributed by atoms with van der Waals surface area (Å²) in [4.78, 5) is 35.3. The lowest BCUT2D eigenvalue weighted by Gasteiger charge is -2.14. The van der Waals surface area contributed by atoms with Gasteiger partial charge in [-0.15, -0.1) is 0 Å². The highest BCUT2D eigenvalue weighted by atomic mass is 16.5. The zero-order valence-electron chi connectivity index (χ0n) is 15.4. The van der Waals surface area contributed by atoms with Crippen molar-refractivity contribution in [2.24, 2.45) is 5.73 Å². The van der Waals surface area contributed by atoms with Crippen molar-refractivity contribution in [3.8, 4) is 0 Å². The van der Waals surface area contributed by atoms with Gasteiger partial charge >= 0.3 is 5.97 Å². The first-order valence-corrected chi connectivity index (χ1v) is 8.88. The van der Waals surface area contributed by atoms with Gasteiger partial charge in [-0.2, -0.15) is 0 Å². The van der Waals surface area contributed by atoms with Gasteiger partial charge in [-0.1, -0.05) is 18.2 Å². The van der Waals surface area contributed by atoms with Crippen LogP contribution in [0.25, 0.3) is 10.9 Å². The Morgan fingerprint density at radius 1 is 1.07 bits per heavy atom. The van der Waals surface area contributed by atoms with Crippen LogP contribution in [0.15, 0.2) is 60.8 Å². The highest BCUT2D eigenvalue weighted by molar-refractivity contribution is 5.96. The van der Waals surface area contributed by atoms with Crippen LogP contribution in [-0.2, 0) is 20.9 Å². The minimum absolute atomic E-state index is 0.156. The molecule has 28 heavy (non-hydrogen) atoms. The number of carbonyl (C=O) groups is 3. The highest BCUT2D eigenvalue weighted by Gasteiger charge is 2.18. The van der Waals surface area contributed by atoms with Gasteiger partial charge in [0.15, 0.2) is 6.10 Å². The fourth-order valence-corrected chi connectivity index (χ4v) is 2.82. The van der Waals surface area contributed by atoms with Crippen LogP contribution in [0, 0.1) is 0 Å². The van der Waals surface area contributed by atoms with Gasteiger partial charge in [0, 0.05) is 29.5 Å². The number of anilines is 1. The maximum Gasteiger partial charge on any atom is 0.308 e. The van der Waals surface area contributed by atoms with E-state index in [1.165, 1.54) is 19.1 Å². The van der Waals surface area contributed by atoms with Crippen LogP contribution < -0.4 is 11.1 Å². The zero-order chi connectivity index (χ0) is 20.1. The molecule has 0 spiro atoms. The number of nitrogens with one attached hydrogen (secondary N) is 1. The quantitative estimate of drug-likeness (QED) is 0.616. The number of esters is 1. The summed E-state index contributed by atoms with van der Waals surface area (Å²) in [6.45, 7) is 1.98. The van der Waals surface area contributed by atoms with E-state index < -0.39 is 23.9 Å². The number of rotatable bonds is 7. The molecule has 0 saturated heterocycles. The van der Waals surface area contributed by atoms with Crippen LogP contribution in [0.3, 0.4) is 0 Å². The summed E-state index contributed by atoms with van der Waals surface area (Å²) in [7, 11) is 0. The number of amides is 2. The Balaban J connectivity index is 1.50. The van der Waals surface area contributed by atoms with E-state index in [9.17, 15) is 14.4 Å². The van der Waals surface area contributed by atoms with Crippen LogP contribution in [-0.4, -0.2) is 28.5 Å². The number of primary amides is 1. The van der Waals surface area contributed by atoms with Crippen molar-refractivity contribution in [1.82, 2.24) is 4.57 Å². The third-order valence-electron chi connectivity index (χ3n) is 4.35. The molecule has 0 aliphatic heterocycles. The van der Waals surface area contributed by atoms with Crippen molar-refractivity contribution in [2.45, 2.75) is 26.0 Å². The second-order valence-electron chi connectivity index (χ2n) is 6.38. The molecule has 0 aliphatic rings. The van der Waals surface area contributed by atoms with E-state index in [0.29, 0.717) is 17.8 Å². The van der Waals surface area contributed by atoms with Crippen molar-refractivity contribution in [3.63, 3.8) is 0 Å². The topological polar surface area (TPSA) is 103 Å². The molecule has 0 aliphatic carbocycles. The number of nitrogens with two attached hydrogens (primary N) is 1. The highest BCUT2D eigenvalue weighted by Crippen LogP contribution is 2.16. The summed E-state index contributed by atoms with van der Waals surface area (Å²) in [5.41, 5.74) is 7.04. The van der Waals surface area contributed by atoms with Gasteiger partial charge in [-0.3, -0.25) is 14.4 Å². The molecule has 1 aromatic heterocycles. The molecule has 0 unspecified atom stereocenters. The van der Waals surface area contributed by atoms with E-state index in [-0.39, 0.29) is 6.42 Å². The van der Waals surface area contributed by atoms with E-state index in [4.69, 9.17) is 10.5 Å². The number of ether oxygens (including phenoxy) is 1. The third-order valence-corrected chi connectivity index (χ3v) is 4.35. The summed E-state index contributed by atoms with van der Waals surface area (Å²) >= 11 is 0. The Morgan fingerprint density at radius 2 is 1.79 bits per heavy atom. The molecule has 0 radical (unpaired) electrons. The number of benzene rings is 2. The molecule has 1 atom stereocenters. The molecule has 3 N–H and O–H groups in total. The number of nitrogens with zero attached hydrogens (tertiary/aromatic N) is 1. The molecular formula is C21H21N3O4. The van der Waals surface area contributed by atoms with E-state index in [1.807, 2.05) is 41.1 Å². The summed E-state index contributed by atoms with van der Waals surface area (Å²) in [5.74, 6) is -1.45. The van der Waals surface area contributed by atoms with Crippen molar-refractivity contribution >= 4 is 34.4 Å². The molecule has 0 saturated carbocycles. The predicted octanol–water partition coefficient (Wildman–Crippen LogP) is 2.70. The molecular weight excluding hydrogens is 358 g/mol. The van der Waals surface area contributed by atoms with Crippen LogP contribution in [0.4, 0.5) is 5.69 Å². The fourth-order valence-electron chi connectivity index (χ4n) is 2.82. The van der Waals surface area contributed by atoms with Crippen molar-refractivity contribution < 1.29 is 19.1 Å². The molecule has 7 nitrogen and oxygen atoms in total. The number of para-hydroxylation sites is 1. The second-order valence-corrected chi connectivity index (χ2v) is 6.38. The molecule has 1 heterocycles. The Bertz CT molecular complexity index is 1010. The SMILES string of the molecule is C[C@H](OC(=O)CCn1ccc2ccccc21)C(=O)Nc1ccc(C(N)=O)cc1. The van der Waals surface area contributed by atoms with E-state index in [2.05, 4.69) is 5.32 Å². The number of fused-ring (bicyclic) bond motifs is 1. The van der Waals surface area contributed by atoms with Gasteiger partial charge in [0.1, 0.15) is 0 Å². The lowest BCUT2D eigenvalue weighted by molar-refractivity contribution is -0.153. The average molecular weight is 379 g/mol. The molecule has 0 fully saturated rings. The standard InChI is InChI=1S/C21H21N3O4/c1-14(21(27)23-17-8-6-16(7-9-17)20(22)26)28-19(25)11-13-24-12-10-15-4-2-3-5-18(15)24/h2-10,12,14H,11,13H2,1H3,(H2,22,26)(H,23,27)/t14-/m0/s1. The molecule has 0 bridgehead atoms. The molecule has 2 aromatic carbocycles. The lowest BCUT2D eigenvalue weighted by Crippen LogP contribution is -2.30. The largest absolute Gasteiger partial charge is 0.452 e. The Hall–Kier alpha value is -3.61. The normalized spacial score (nSPS) is 11.8. The minimum atomic E-state index is -0.940. The van der Waals surface area contributed by atoms with Gasteiger partial charge in [0.05, 0.1) is 6.42 Å². The summed E-state index contributed by atoms with van der Waals surface area (Å²) in [6, 6.07) is 16.0. The summed E-state index contributed by atoms with van der Waals surface area (Å²) < 4.78 is 7.19.